The molecule has 1 aromatic rings. The molecule has 0 radical (unpaired) electrons. The number of sulfonamides is 1. The van der Waals surface area contributed by atoms with Crippen LogP contribution in [0, 0.1) is 11.8 Å². The molecular formula is C16H21NO4S. The lowest BCUT2D eigenvalue weighted by Gasteiger charge is -2.22. The van der Waals surface area contributed by atoms with Crippen molar-refractivity contribution in [1.82, 2.24) is 0 Å². The van der Waals surface area contributed by atoms with Crippen LogP contribution in [-0.4, -0.2) is 32.3 Å². The van der Waals surface area contributed by atoms with Crippen LogP contribution in [0.4, 0.5) is 5.69 Å². The number of carboxylic acid groups (broad SMARTS) is 1. The van der Waals surface area contributed by atoms with Crippen molar-refractivity contribution in [3.05, 3.63) is 29.8 Å². The van der Waals surface area contributed by atoms with E-state index in [4.69, 9.17) is 5.11 Å². The molecule has 22 heavy (non-hydrogen) atoms. The first kappa shape index (κ1) is 18.1. The van der Waals surface area contributed by atoms with Crippen molar-refractivity contribution < 1.29 is 18.3 Å². The highest BCUT2D eigenvalue weighted by Crippen LogP contribution is 2.19. The molecule has 0 aliphatic carbocycles. The molecule has 1 rings (SSSR count). The van der Waals surface area contributed by atoms with Gasteiger partial charge in [-0.3, -0.25) is 9.10 Å². The minimum absolute atomic E-state index is 0.114. The minimum Gasteiger partial charge on any atom is -0.481 e. The predicted molar refractivity (Wildman–Crippen MR) is 87.3 cm³/mol. The van der Waals surface area contributed by atoms with Crippen LogP contribution in [0.1, 0.15) is 38.2 Å². The number of hydrogen-bond donors (Lipinski definition) is 1. The second-order valence-corrected chi connectivity index (χ2v) is 6.87. The molecule has 0 aliphatic rings. The standard InChI is InChI=1S/C16H21NO4S/c1-3-7-14-9-11-15(12-10-14)17(22(2,20)21)13-6-4-5-8-16(18)19/h9-12H,4-6,8,13H2,1-2H3,(H,18,19). The SMILES string of the molecule is CC#Cc1ccc(N(CCCCCC(=O)O)S(C)(=O)=O)cc1. The highest BCUT2D eigenvalue weighted by atomic mass is 32.2. The van der Waals surface area contributed by atoms with Crippen LogP contribution in [-0.2, 0) is 14.8 Å². The first-order chi connectivity index (χ1) is 10.3. The maximum Gasteiger partial charge on any atom is 0.303 e. The first-order valence-corrected chi connectivity index (χ1v) is 8.91. The second kappa shape index (κ2) is 8.44. The molecule has 1 aromatic carbocycles. The van der Waals surface area contributed by atoms with Gasteiger partial charge in [-0.2, -0.15) is 0 Å². The number of rotatable bonds is 8. The quantitative estimate of drug-likeness (QED) is 0.589. The Morgan fingerprint density at radius 2 is 1.82 bits per heavy atom. The third-order valence-electron chi connectivity index (χ3n) is 3.08. The normalized spacial score (nSPS) is 10.6. The summed E-state index contributed by atoms with van der Waals surface area (Å²) in [5.74, 6) is 4.87. The van der Waals surface area contributed by atoms with E-state index in [9.17, 15) is 13.2 Å². The molecule has 0 bridgehead atoms. The van der Waals surface area contributed by atoms with Gasteiger partial charge in [0.2, 0.25) is 10.0 Å². The lowest BCUT2D eigenvalue weighted by molar-refractivity contribution is -0.137. The second-order valence-electron chi connectivity index (χ2n) is 4.96. The van der Waals surface area contributed by atoms with E-state index >= 15 is 0 Å². The predicted octanol–water partition coefficient (Wildman–Crippen LogP) is 2.47. The van der Waals surface area contributed by atoms with E-state index in [0.29, 0.717) is 31.5 Å². The molecule has 5 nitrogen and oxygen atoms in total. The van der Waals surface area contributed by atoms with Crippen molar-refractivity contribution in [3.63, 3.8) is 0 Å². The number of carbonyl (C=O) groups is 1. The molecule has 120 valence electrons. The Balaban J connectivity index is 2.72. The number of hydrogen-bond acceptors (Lipinski definition) is 3. The topological polar surface area (TPSA) is 74.7 Å². The zero-order chi connectivity index (χ0) is 16.6. The highest BCUT2D eigenvalue weighted by Gasteiger charge is 2.16. The Bertz CT molecular complexity index is 654. The molecule has 0 aliphatic heterocycles. The van der Waals surface area contributed by atoms with E-state index in [0.717, 1.165) is 5.56 Å². The van der Waals surface area contributed by atoms with Crippen LogP contribution in [0.15, 0.2) is 24.3 Å². The molecule has 0 saturated carbocycles. The van der Waals surface area contributed by atoms with Crippen molar-refractivity contribution in [1.29, 1.82) is 0 Å². The molecule has 0 fully saturated rings. The Hall–Kier alpha value is -2.00. The van der Waals surface area contributed by atoms with Gasteiger partial charge in [0.05, 0.1) is 11.9 Å². The lowest BCUT2D eigenvalue weighted by atomic mass is 10.2. The smallest absolute Gasteiger partial charge is 0.303 e. The van der Waals surface area contributed by atoms with Gasteiger partial charge in [-0.05, 0) is 44.0 Å². The Kier molecular flexibility index (Phi) is 6.93. The zero-order valence-corrected chi connectivity index (χ0v) is 13.7. The van der Waals surface area contributed by atoms with Gasteiger partial charge in [0.1, 0.15) is 0 Å². The average Bonchev–Trinajstić information content (AvgIpc) is 2.42. The molecule has 0 aromatic heterocycles. The number of benzene rings is 1. The molecule has 0 heterocycles. The molecule has 0 atom stereocenters. The van der Waals surface area contributed by atoms with Crippen molar-refractivity contribution >= 4 is 21.7 Å². The van der Waals surface area contributed by atoms with Crippen LogP contribution in [0.2, 0.25) is 0 Å². The number of nitrogens with zero attached hydrogens (tertiary/aromatic N) is 1. The minimum atomic E-state index is -3.37. The summed E-state index contributed by atoms with van der Waals surface area (Å²) < 4.78 is 25.2. The first-order valence-electron chi connectivity index (χ1n) is 7.07. The Labute approximate surface area is 132 Å². The van der Waals surface area contributed by atoms with Gasteiger partial charge in [0, 0.05) is 18.5 Å². The number of anilines is 1. The van der Waals surface area contributed by atoms with Crippen molar-refractivity contribution in [3.8, 4) is 11.8 Å². The van der Waals surface area contributed by atoms with Crippen LogP contribution in [0.3, 0.4) is 0 Å². The zero-order valence-electron chi connectivity index (χ0n) is 12.9. The molecular weight excluding hydrogens is 302 g/mol. The summed E-state index contributed by atoms with van der Waals surface area (Å²) in [6, 6.07) is 7.04. The van der Waals surface area contributed by atoms with E-state index in [1.54, 1.807) is 31.2 Å². The third kappa shape index (κ3) is 6.19. The Morgan fingerprint density at radius 3 is 2.32 bits per heavy atom. The fourth-order valence-electron chi connectivity index (χ4n) is 2.05. The monoisotopic (exact) mass is 323 g/mol. The van der Waals surface area contributed by atoms with E-state index in [-0.39, 0.29) is 6.42 Å². The molecule has 0 amide bonds. The van der Waals surface area contributed by atoms with Crippen LogP contribution >= 0.6 is 0 Å². The number of aliphatic carboxylic acids is 1. The van der Waals surface area contributed by atoms with Gasteiger partial charge >= 0.3 is 5.97 Å². The van der Waals surface area contributed by atoms with Gasteiger partial charge < -0.3 is 5.11 Å². The molecule has 0 unspecified atom stereocenters. The van der Waals surface area contributed by atoms with E-state index < -0.39 is 16.0 Å². The van der Waals surface area contributed by atoms with E-state index in [1.165, 1.54) is 10.6 Å². The van der Waals surface area contributed by atoms with Gasteiger partial charge in [-0.15, -0.1) is 5.92 Å². The van der Waals surface area contributed by atoms with Gasteiger partial charge in [-0.25, -0.2) is 8.42 Å². The summed E-state index contributed by atoms with van der Waals surface area (Å²) >= 11 is 0. The van der Waals surface area contributed by atoms with Crippen molar-refractivity contribution in [2.75, 3.05) is 17.1 Å². The summed E-state index contributed by atoms with van der Waals surface area (Å²) in [7, 11) is -3.37. The van der Waals surface area contributed by atoms with Crippen molar-refractivity contribution in [2.24, 2.45) is 0 Å². The van der Waals surface area contributed by atoms with Crippen LogP contribution < -0.4 is 4.31 Å². The number of carboxylic acids is 1. The number of unbranched alkanes of at least 4 members (excludes halogenated alkanes) is 2. The molecule has 1 N–H and O–H groups in total. The summed E-state index contributed by atoms with van der Waals surface area (Å²) in [4.78, 5) is 10.4. The molecule has 6 heteroatoms. The maximum absolute atomic E-state index is 11.9. The summed E-state index contributed by atoms with van der Waals surface area (Å²) in [5, 5.41) is 8.58. The van der Waals surface area contributed by atoms with Gasteiger partial charge in [-0.1, -0.05) is 12.3 Å². The molecule has 0 saturated heterocycles. The lowest BCUT2D eigenvalue weighted by Crippen LogP contribution is -2.30. The largest absolute Gasteiger partial charge is 0.481 e. The third-order valence-corrected chi connectivity index (χ3v) is 4.27. The van der Waals surface area contributed by atoms with Gasteiger partial charge in [0.15, 0.2) is 0 Å². The van der Waals surface area contributed by atoms with Crippen LogP contribution in [0.25, 0.3) is 0 Å². The van der Waals surface area contributed by atoms with Crippen molar-refractivity contribution in [2.45, 2.75) is 32.6 Å². The van der Waals surface area contributed by atoms with Gasteiger partial charge in [0.25, 0.3) is 0 Å². The summed E-state index contributed by atoms with van der Waals surface area (Å²) in [5.41, 5.74) is 1.43. The summed E-state index contributed by atoms with van der Waals surface area (Å²) in [6.45, 7) is 2.09. The maximum atomic E-state index is 11.9. The fourth-order valence-corrected chi connectivity index (χ4v) is 3.02. The summed E-state index contributed by atoms with van der Waals surface area (Å²) in [6.07, 6.45) is 3.14. The average molecular weight is 323 g/mol. The fraction of sp³-hybridized carbons (Fsp3) is 0.438. The van der Waals surface area contributed by atoms with E-state index in [1.807, 2.05) is 0 Å². The van der Waals surface area contributed by atoms with Crippen LogP contribution in [0.5, 0.6) is 0 Å². The Morgan fingerprint density at radius 1 is 1.18 bits per heavy atom. The molecule has 0 spiro atoms. The highest BCUT2D eigenvalue weighted by molar-refractivity contribution is 7.92. The van der Waals surface area contributed by atoms with E-state index in [2.05, 4.69) is 11.8 Å².